The number of hydrogen-bond donors (Lipinski definition) is 3. The molecule has 3 rings (SSSR count). The van der Waals surface area contributed by atoms with Gasteiger partial charge in [-0.25, -0.2) is 0 Å². The van der Waals surface area contributed by atoms with Crippen molar-refractivity contribution in [1.82, 2.24) is 0 Å². The summed E-state index contributed by atoms with van der Waals surface area (Å²) in [6, 6.07) is 3.11. The van der Waals surface area contributed by atoms with Crippen LogP contribution in [-0.2, 0) is 14.2 Å². The molecule has 1 aromatic carbocycles. The lowest BCUT2D eigenvalue weighted by Crippen LogP contribution is -2.43. The normalized spacial score (nSPS) is 29.9. The molecule has 27 heavy (non-hydrogen) atoms. The molecule has 2 fully saturated rings. The van der Waals surface area contributed by atoms with E-state index in [4.69, 9.17) is 14.2 Å². The van der Waals surface area contributed by atoms with E-state index in [1.54, 1.807) is 13.8 Å². The van der Waals surface area contributed by atoms with Gasteiger partial charge in [-0.2, -0.15) is 0 Å². The minimum absolute atomic E-state index is 0.00837. The monoisotopic (exact) mass is 385 g/mol. The highest BCUT2D eigenvalue weighted by atomic mass is 16.8. The molecular weight excluding hydrogens is 366 g/mol. The first-order valence-electron chi connectivity index (χ1n) is 8.13. The Bertz CT molecular complexity index is 756. The third-order valence-electron chi connectivity index (χ3n) is 4.32. The molecule has 0 aromatic heterocycles. The smallest absolute Gasteiger partial charge is 0.299 e. The number of aliphatic hydroxyl groups excluding tert-OH is 2. The second-order valence-electron chi connectivity index (χ2n) is 6.72. The zero-order valence-corrected chi connectivity index (χ0v) is 14.5. The van der Waals surface area contributed by atoms with Crippen LogP contribution in [0, 0.1) is 20.2 Å². The van der Waals surface area contributed by atoms with E-state index < -0.39 is 57.7 Å². The Hall–Kier alpha value is -2.38. The summed E-state index contributed by atoms with van der Waals surface area (Å²) >= 11 is 0. The Kier molecular flexibility index (Phi) is 5.01. The van der Waals surface area contributed by atoms with Crippen LogP contribution in [0.15, 0.2) is 18.2 Å². The van der Waals surface area contributed by atoms with E-state index in [0.29, 0.717) is 0 Å². The summed E-state index contributed by atoms with van der Waals surface area (Å²) in [6.07, 6.45) is -5.01. The summed E-state index contributed by atoms with van der Waals surface area (Å²) in [4.78, 5) is 20.4. The highest BCUT2D eigenvalue weighted by Gasteiger charge is 2.55. The van der Waals surface area contributed by atoms with Crippen LogP contribution in [0.4, 0.5) is 17.1 Å². The maximum absolute atomic E-state index is 11.1. The van der Waals surface area contributed by atoms with E-state index in [1.165, 1.54) is 6.07 Å². The Morgan fingerprint density at radius 1 is 1.26 bits per heavy atom. The second kappa shape index (κ2) is 6.98. The van der Waals surface area contributed by atoms with Gasteiger partial charge in [-0.1, -0.05) is 0 Å². The van der Waals surface area contributed by atoms with Crippen molar-refractivity contribution >= 4 is 17.1 Å². The number of nitro groups is 2. The van der Waals surface area contributed by atoms with Gasteiger partial charge in [0.15, 0.2) is 12.1 Å². The van der Waals surface area contributed by atoms with Gasteiger partial charge in [0.05, 0.1) is 15.9 Å². The molecule has 12 heteroatoms. The Morgan fingerprint density at radius 2 is 1.96 bits per heavy atom. The fraction of sp³-hybridized carbons (Fsp3) is 0.600. The van der Waals surface area contributed by atoms with Gasteiger partial charge in [0.1, 0.15) is 30.1 Å². The highest BCUT2D eigenvalue weighted by molar-refractivity contribution is 5.65. The van der Waals surface area contributed by atoms with Crippen LogP contribution >= 0.6 is 0 Å². The molecule has 12 nitrogen and oxygen atoms in total. The van der Waals surface area contributed by atoms with E-state index in [2.05, 4.69) is 5.32 Å². The highest BCUT2D eigenvalue weighted by Crippen LogP contribution is 2.38. The average molecular weight is 385 g/mol. The summed E-state index contributed by atoms with van der Waals surface area (Å²) in [7, 11) is 0. The van der Waals surface area contributed by atoms with Gasteiger partial charge in [0, 0.05) is 12.6 Å². The molecular formula is C15H19N3O9. The lowest BCUT2D eigenvalue weighted by Gasteiger charge is -2.26. The zero-order valence-electron chi connectivity index (χ0n) is 14.5. The summed E-state index contributed by atoms with van der Waals surface area (Å²) in [5.74, 6) is -0.913. The van der Waals surface area contributed by atoms with Gasteiger partial charge >= 0.3 is 0 Å². The molecule has 2 heterocycles. The number of hydrogen-bond acceptors (Lipinski definition) is 10. The summed E-state index contributed by atoms with van der Waals surface area (Å²) in [5.41, 5.74) is -0.937. The second-order valence-corrected chi connectivity index (χ2v) is 6.72. The van der Waals surface area contributed by atoms with E-state index in [0.717, 1.165) is 12.1 Å². The largest absolute Gasteiger partial charge is 0.388 e. The number of rotatable bonds is 6. The third kappa shape index (κ3) is 3.84. The van der Waals surface area contributed by atoms with Crippen molar-refractivity contribution in [2.45, 2.75) is 50.3 Å². The fourth-order valence-corrected chi connectivity index (χ4v) is 3.10. The van der Waals surface area contributed by atoms with Gasteiger partial charge in [-0.05, 0) is 19.9 Å². The summed E-state index contributed by atoms with van der Waals surface area (Å²) in [6.45, 7) is 3.13. The Balaban J connectivity index is 1.66. The van der Waals surface area contributed by atoms with Crippen LogP contribution in [0.2, 0.25) is 0 Å². The standard InChI is InChI=1S/C15H19N3O9/c1-15(2)26-13-11(20)12(25-14(13)27-15)10(19)6-16-8-4-3-7(17(21)22)5-9(8)18(23)24/h3-5,10-14,16,19-20H,6H2,1-2H3/t10-,11-,12-,13-,14-/m0/s1. The van der Waals surface area contributed by atoms with Crippen molar-refractivity contribution < 1.29 is 34.3 Å². The SMILES string of the molecule is CC1(C)O[C@@H]2O[C@@H]([C@@H](O)CNc3ccc([N+](=O)[O-])cc3[N+](=O)[O-])[C@H](O)[C@@H]2O1. The first kappa shape index (κ1) is 19.4. The quantitative estimate of drug-likeness (QED) is 0.464. The predicted octanol–water partition coefficient (Wildman–Crippen LogP) is 0.513. The molecule has 0 radical (unpaired) electrons. The molecule has 0 saturated carbocycles. The molecule has 1 aromatic rings. The fourth-order valence-electron chi connectivity index (χ4n) is 3.10. The van der Waals surface area contributed by atoms with Crippen molar-refractivity contribution in [3.8, 4) is 0 Å². The Labute approximate surface area is 152 Å². The maximum atomic E-state index is 11.1. The van der Waals surface area contributed by atoms with Gasteiger partial charge in [0.25, 0.3) is 11.4 Å². The van der Waals surface area contributed by atoms with Crippen molar-refractivity contribution in [3.05, 3.63) is 38.4 Å². The molecule has 2 aliphatic rings. The summed E-state index contributed by atoms with van der Waals surface area (Å²) in [5, 5.41) is 45.1. The molecule has 2 aliphatic heterocycles. The first-order chi connectivity index (χ1) is 12.6. The number of fused-ring (bicyclic) bond motifs is 1. The van der Waals surface area contributed by atoms with Crippen LogP contribution in [0.5, 0.6) is 0 Å². The number of non-ortho nitro benzene ring substituents is 1. The molecule has 148 valence electrons. The minimum atomic E-state index is -1.24. The molecule has 0 amide bonds. The van der Waals surface area contributed by atoms with Crippen LogP contribution in [0.25, 0.3) is 0 Å². The van der Waals surface area contributed by atoms with Crippen molar-refractivity contribution in [2.24, 2.45) is 0 Å². The lowest BCUT2D eigenvalue weighted by molar-refractivity contribution is -0.393. The molecule has 0 aliphatic carbocycles. The Morgan fingerprint density at radius 3 is 2.56 bits per heavy atom. The molecule has 0 unspecified atom stereocenters. The van der Waals surface area contributed by atoms with Gasteiger partial charge in [-0.15, -0.1) is 0 Å². The van der Waals surface area contributed by atoms with Gasteiger partial charge in [-0.3, -0.25) is 20.2 Å². The van der Waals surface area contributed by atoms with E-state index in [1.807, 2.05) is 0 Å². The predicted molar refractivity (Wildman–Crippen MR) is 89.0 cm³/mol. The average Bonchev–Trinajstić information content (AvgIpc) is 3.05. The number of nitrogens with zero attached hydrogens (tertiary/aromatic N) is 2. The van der Waals surface area contributed by atoms with E-state index in [9.17, 15) is 30.4 Å². The van der Waals surface area contributed by atoms with Crippen LogP contribution < -0.4 is 5.32 Å². The van der Waals surface area contributed by atoms with E-state index in [-0.39, 0.29) is 12.2 Å². The van der Waals surface area contributed by atoms with E-state index >= 15 is 0 Å². The van der Waals surface area contributed by atoms with Crippen molar-refractivity contribution in [1.29, 1.82) is 0 Å². The van der Waals surface area contributed by atoms with Crippen molar-refractivity contribution in [2.75, 3.05) is 11.9 Å². The number of nitro benzene ring substituents is 2. The molecule has 5 atom stereocenters. The molecule has 0 bridgehead atoms. The minimum Gasteiger partial charge on any atom is -0.388 e. The number of ether oxygens (including phenoxy) is 3. The third-order valence-corrected chi connectivity index (χ3v) is 4.32. The zero-order chi connectivity index (χ0) is 19.9. The number of nitrogens with one attached hydrogen (secondary N) is 1. The van der Waals surface area contributed by atoms with Gasteiger partial charge in [0.2, 0.25) is 0 Å². The lowest BCUT2D eigenvalue weighted by atomic mass is 10.1. The molecule has 3 N–H and O–H groups in total. The van der Waals surface area contributed by atoms with Crippen LogP contribution in [0.1, 0.15) is 13.8 Å². The molecule has 0 spiro atoms. The summed E-state index contributed by atoms with van der Waals surface area (Å²) < 4.78 is 16.5. The number of aliphatic hydroxyl groups is 2. The van der Waals surface area contributed by atoms with Crippen LogP contribution in [-0.4, -0.2) is 63.1 Å². The topological polar surface area (TPSA) is 166 Å². The van der Waals surface area contributed by atoms with Crippen LogP contribution in [0.3, 0.4) is 0 Å². The number of benzene rings is 1. The number of anilines is 1. The molecule has 2 saturated heterocycles. The first-order valence-corrected chi connectivity index (χ1v) is 8.13. The van der Waals surface area contributed by atoms with Crippen molar-refractivity contribution in [3.63, 3.8) is 0 Å². The van der Waals surface area contributed by atoms with Gasteiger partial charge < -0.3 is 29.7 Å². The maximum Gasteiger partial charge on any atom is 0.299 e.